The fraction of sp³-hybridized carbons (Fsp3) is 0.250. The second-order valence-electron chi connectivity index (χ2n) is 3.83. The van der Waals surface area contributed by atoms with Gasteiger partial charge in [0, 0.05) is 12.1 Å². The van der Waals surface area contributed by atoms with Crippen molar-refractivity contribution in [2.24, 2.45) is 0 Å². The molecular formula is C12H11ClN2O2. The SMILES string of the molecule is Clc1ccc2c(n1)N(CC1OC=CO1)CC=C2. The zero-order valence-corrected chi connectivity index (χ0v) is 9.80. The van der Waals surface area contributed by atoms with Crippen molar-refractivity contribution in [3.05, 3.63) is 41.4 Å². The van der Waals surface area contributed by atoms with Crippen molar-refractivity contribution in [3.63, 3.8) is 0 Å². The molecule has 4 nitrogen and oxygen atoms in total. The first-order valence-electron chi connectivity index (χ1n) is 5.37. The summed E-state index contributed by atoms with van der Waals surface area (Å²) in [6.07, 6.45) is 6.97. The van der Waals surface area contributed by atoms with Crippen molar-refractivity contribution in [2.75, 3.05) is 18.0 Å². The third kappa shape index (κ3) is 2.08. The molecule has 2 aliphatic rings. The highest BCUT2D eigenvalue weighted by atomic mass is 35.5. The smallest absolute Gasteiger partial charge is 0.256 e. The van der Waals surface area contributed by atoms with Crippen molar-refractivity contribution in [1.82, 2.24) is 4.98 Å². The molecule has 88 valence electrons. The van der Waals surface area contributed by atoms with E-state index < -0.39 is 0 Å². The number of aromatic nitrogens is 1. The topological polar surface area (TPSA) is 34.6 Å². The van der Waals surface area contributed by atoms with Crippen molar-refractivity contribution >= 4 is 23.5 Å². The van der Waals surface area contributed by atoms with E-state index in [-0.39, 0.29) is 6.29 Å². The van der Waals surface area contributed by atoms with Crippen LogP contribution in [0.2, 0.25) is 5.15 Å². The lowest BCUT2D eigenvalue weighted by molar-refractivity contribution is -0.0149. The average Bonchev–Trinajstić information content (AvgIpc) is 2.83. The Hall–Kier alpha value is -1.68. The third-order valence-corrected chi connectivity index (χ3v) is 2.89. The van der Waals surface area contributed by atoms with Crippen LogP contribution in [0, 0.1) is 0 Å². The minimum absolute atomic E-state index is 0.268. The summed E-state index contributed by atoms with van der Waals surface area (Å²) in [6, 6.07) is 3.75. The van der Waals surface area contributed by atoms with Crippen LogP contribution < -0.4 is 4.90 Å². The first-order chi connectivity index (χ1) is 8.33. The zero-order valence-electron chi connectivity index (χ0n) is 9.04. The molecule has 0 spiro atoms. The van der Waals surface area contributed by atoms with Crippen molar-refractivity contribution in [1.29, 1.82) is 0 Å². The van der Waals surface area contributed by atoms with Crippen molar-refractivity contribution < 1.29 is 9.47 Å². The number of hydrogen-bond acceptors (Lipinski definition) is 4. The second kappa shape index (κ2) is 4.30. The quantitative estimate of drug-likeness (QED) is 0.755. The van der Waals surface area contributed by atoms with Gasteiger partial charge in [0.25, 0.3) is 6.29 Å². The number of fused-ring (bicyclic) bond motifs is 1. The standard InChI is InChI=1S/C12H11ClN2O2/c13-10-4-3-9-2-1-5-15(12(9)14-10)8-11-16-6-7-17-11/h1-4,6-7,11H,5,8H2. The van der Waals surface area contributed by atoms with Gasteiger partial charge in [-0.25, -0.2) is 4.98 Å². The van der Waals surface area contributed by atoms with Crippen LogP contribution in [0.5, 0.6) is 0 Å². The Kier molecular flexibility index (Phi) is 2.65. The predicted molar refractivity (Wildman–Crippen MR) is 65.6 cm³/mol. The molecule has 0 aromatic carbocycles. The molecule has 0 N–H and O–H groups in total. The van der Waals surface area contributed by atoms with Gasteiger partial charge in [0.1, 0.15) is 23.5 Å². The maximum Gasteiger partial charge on any atom is 0.256 e. The van der Waals surface area contributed by atoms with Gasteiger partial charge in [-0.2, -0.15) is 0 Å². The molecule has 0 saturated heterocycles. The van der Waals surface area contributed by atoms with Crippen LogP contribution in [0.1, 0.15) is 5.56 Å². The first kappa shape index (κ1) is 10.5. The highest BCUT2D eigenvalue weighted by Crippen LogP contribution is 2.26. The summed E-state index contributed by atoms with van der Waals surface area (Å²) in [5.41, 5.74) is 1.06. The minimum atomic E-state index is -0.268. The molecule has 0 atom stereocenters. The maximum atomic E-state index is 5.92. The molecule has 0 fully saturated rings. The van der Waals surface area contributed by atoms with E-state index >= 15 is 0 Å². The number of pyridine rings is 1. The van der Waals surface area contributed by atoms with E-state index in [1.54, 1.807) is 18.6 Å². The summed E-state index contributed by atoms with van der Waals surface area (Å²) >= 11 is 5.92. The zero-order chi connectivity index (χ0) is 11.7. The lowest BCUT2D eigenvalue weighted by Crippen LogP contribution is -2.35. The Bertz CT molecular complexity index is 479. The van der Waals surface area contributed by atoms with Crippen LogP contribution in [0.4, 0.5) is 5.82 Å². The van der Waals surface area contributed by atoms with Crippen molar-refractivity contribution in [3.8, 4) is 0 Å². The molecule has 3 rings (SSSR count). The van der Waals surface area contributed by atoms with Gasteiger partial charge in [0.2, 0.25) is 0 Å². The molecule has 0 saturated carbocycles. The summed E-state index contributed by atoms with van der Waals surface area (Å²) in [5, 5.41) is 0.496. The van der Waals surface area contributed by atoms with E-state index in [4.69, 9.17) is 21.1 Å². The predicted octanol–water partition coefficient (Wildman–Crippen LogP) is 2.41. The van der Waals surface area contributed by atoms with Crippen LogP contribution in [-0.2, 0) is 9.47 Å². The number of nitrogens with zero attached hydrogens (tertiary/aromatic N) is 2. The second-order valence-corrected chi connectivity index (χ2v) is 4.22. The van der Waals surface area contributed by atoms with E-state index in [9.17, 15) is 0 Å². The number of hydrogen-bond donors (Lipinski definition) is 0. The van der Waals surface area contributed by atoms with Gasteiger partial charge >= 0.3 is 0 Å². The van der Waals surface area contributed by atoms with E-state index in [1.807, 2.05) is 12.1 Å². The lowest BCUT2D eigenvalue weighted by Gasteiger charge is -2.28. The van der Waals surface area contributed by atoms with Gasteiger partial charge in [-0.3, -0.25) is 0 Å². The third-order valence-electron chi connectivity index (χ3n) is 2.68. The van der Waals surface area contributed by atoms with Crippen LogP contribution in [0.15, 0.2) is 30.7 Å². The fourth-order valence-corrected chi connectivity index (χ4v) is 2.05. The average molecular weight is 251 g/mol. The number of halogens is 1. The monoisotopic (exact) mass is 250 g/mol. The number of ether oxygens (including phenoxy) is 2. The van der Waals surface area contributed by atoms with Gasteiger partial charge < -0.3 is 14.4 Å². The highest BCUT2D eigenvalue weighted by molar-refractivity contribution is 6.29. The summed E-state index contributed by atoms with van der Waals surface area (Å²) < 4.78 is 10.5. The molecule has 0 radical (unpaired) electrons. The normalized spacial score (nSPS) is 17.8. The number of anilines is 1. The Labute approximate surface area is 104 Å². The summed E-state index contributed by atoms with van der Waals surface area (Å²) in [5.74, 6) is 0.874. The summed E-state index contributed by atoms with van der Waals surface area (Å²) in [7, 11) is 0. The summed E-state index contributed by atoms with van der Waals surface area (Å²) in [4.78, 5) is 6.43. The van der Waals surface area contributed by atoms with Gasteiger partial charge in [0.15, 0.2) is 0 Å². The van der Waals surface area contributed by atoms with E-state index in [1.165, 1.54) is 0 Å². The van der Waals surface area contributed by atoms with Gasteiger partial charge in [-0.1, -0.05) is 23.8 Å². The van der Waals surface area contributed by atoms with Gasteiger partial charge in [-0.05, 0) is 12.1 Å². The molecule has 0 bridgehead atoms. The molecule has 1 aromatic heterocycles. The van der Waals surface area contributed by atoms with Crippen molar-refractivity contribution in [2.45, 2.75) is 6.29 Å². The molecule has 1 aromatic rings. The fourth-order valence-electron chi connectivity index (χ4n) is 1.91. The molecule has 5 heteroatoms. The molecule has 2 aliphatic heterocycles. The highest BCUT2D eigenvalue weighted by Gasteiger charge is 2.21. The molecule has 0 aliphatic carbocycles. The molecule has 0 amide bonds. The lowest BCUT2D eigenvalue weighted by atomic mass is 10.1. The van der Waals surface area contributed by atoms with Crippen LogP contribution >= 0.6 is 11.6 Å². The molecule has 0 unspecified atom stereocenters. The number of rotatable bonds is 2. The molecule has 17 heavy (non-hydrogen) atoms. The maximum absolute atomic E-state index is 5.92. The Morgan fingerprint density at radius 3 is 3.00 bits per heavy atom. The van der Waals surface area contributed by atoms with Crippen LogP contribution in [0.3, 0.4) is 0 Å². The molecular weight excluding hydrogens is 240 g/mol. The minimum Gasteiger partial charge on any atom is -0.457 e. The van der Waals surface area contributed by atoms with Gasteiger partial charge in [0.05, 0.1) is 6.54 Å². The van der Waals surface area contributed by atoms with E-state index in [0.29, 0.717) is 11.7 Å². The van der Waals surface area contributed by atoms with Crippen LogP contribution in [-0.4, -0.2) is 24.4 Å². The Morgan fingerprint density at radius 2 is 2.18 bits per heavy atom. The Balaban J connectivity index is 1.83. The Morgan fingerprint density at radius 1 is 1.35 bits per heavy atom. The van der Waals surface area contributed by atoms with Gasteiger partial charge in [-0.15, -0.1) is 0 Å². The van der Waals surface area contributed by atoms with Crippen LogP contribution in [0.25, 0.3) is 6.08 Å². The largest absolute Gasteiger partial charge is 0.457 e. The van der Waals surface area contributed by atoms with E-state index in [2.05, 4.69) is 16.0 Å². The summed E-state index contributed by atoms with van der Waals surface area (Å²) in [6.45, 7) is 1.40. The van der Waals surface area contributed by atoms with E-state index in [0.717, 1.165) is 17.9 Å². The molecule has 3 heterocycles. The first-order valence-corrected chi connectivity index (χ1v) is 5.75.